The van der Waals surface area contributed by atoms with Crippen LogP contribution in [0.15, 0.2) is 35.5 Å². The van der Waals surface area contributed by atoms with Gasteiger partial charge in [0.15, 0.2) is 0 Å². The molecule has 66 valence electrons. The van der Waals surface area contributed by atoms with Gasteiger partial charge in [-0.25, -0.2) is 0 Å². The summed E-state index contributed by atoms with van der Waals surface area (Å²) in [7, 11) is 0. The van der Waals surface area contributed by atoms with Gasteiger partial charge in [0.05, 0.1) is 0 Å². The Morgan fingerprint density at radius 1 is 1.42 bits per heavy atom. The summed E-state index contributed by atoms with van der Waals surface area (Å²) < 4.78 is 0. The zero-order valence-corrected chi connectivity index (χ0v) is 7.72. The Hall–Kier alpha value is -0.820. The van der Waals surface area contributed by atoms with Crippen LogP contribution in [0.5, 0.6) is 0 Å². The summed E-state index contributed by atoms with van der Waals surface area (Å²) in [6, 6.07) is 0. The number of hydrogen-bond acceptors (Lipinski definition) is 1. The van der Waals surface area contributed by atoms with E-state index in [4.69, 9.17) is 5.73 Å². The van der Waals surface area contributed by atoms with Gasteiger partial charge in [-0.15, -0.1) is 0 Å². The van der Waals surface area contributed by atoms with Crippen molar-refractivity contribution in [2.45, 2.75) is 26.2 Å². The lowest BCUT2D eigenvalue weighted by Gasteiger charge is -2.06. The fourth-order valence-corrected chi connectivity index (χ4v) is 1.51. The molecule has 0 spiro atoms. The highest BCUT2D eigenvalue weighted by atomic mass is 14.5. The highest BCUT2D eigenvalue weighted by Crippen LogP contribution is 2.19. The van der Waals surface area contributed by atoms with Crippen molar-refractivity contribution in [2.24, 2.45) is 5.73 Å². The van der Waals surface area contributed by atoms with Crippen molar-refractivity contribution < 1.29 is 0 Å². The maximum absolute atomic E-state index is 5.54. The SMILES string of the molecule is CCC1=C(CCN)CC=CC=C1. The highest BCUT2D eigenvalue weighted by molar-refractivity contribution is 5.32. The number of rotatable bonds is 3. The molecule has 0 bridgehead atoms. The molecule has 1 aliphatic rings. The monoisotopic (exact) mass is 163 g/mol. The first-order chi connectivity index (χ1) is 5.88. The fraction of sp³-hybridized carbons (Fsp3) is 0.455. The van der Waals surface area contributed by atoms with Gasteiger partial charge in [0.25, 0.3) is 0 Å². The maximum atomic E-state index is 5.54. The predicted molar refractivity (Wildman–Crippen MR) is 53.9 cm³/mol. The third kappa shape index (κ3) is 2.35. The smallest absolute Gasteiger partial charge is 0.00396 e. The second-order valence-corrected chi connectivity index (χ2v) is 3.01. The normalized spacial score (nSPS) is 16.8. The van der Waals surface area contributed by atoms with Crippen LogP contribution in [-0.4, -0.2) is 6.54 Å². The van der Waals surface area contributed by atoms with Crippen LogP contribution in [0.1, 0.15) is 26.2 Å². The molecule has 0 aromatic rings. The van der Waals surface area contributed by atoms with E-state index in [1.165, 1.54) is 11.1 Å². The van der Waals surface area contributed by atoms with E-state index >= 15 is 0 Å². The fourth-order valence-electron chi connectivity index (χ4n) is 1.51. The summed E-state index contributed by atoms with van der Waals surface area (Å²) in [6.45, 7) is 2.96. The van der Waals surface area contributed by atoms with E-state index < -0.39 is 0 Å². The molecule has 0 amide bonds. The molecular formula is C11H17N. The largest absolute Gasteiger partial charge is 0.330 e. The van der Waals surface area contributed by atoms with Crippen molar-refractivity contribution in [1.29, 1.82) is 0 Å². The lowest BCUT2D eigenvalue weighted by molar-refractivity contribution is 0.893. The Kier molecular flexibility index (Phi) is 3.81. The van der Waals surface area contributed by atoms with Crippen LogP contribution in [0.2, 0.25) is 0 Å². The van der Waals surface area contributed by atoms with Crippen molar-refractivity contribution in [3.63, 3.8) is 0 Å². The van der Waals surface area contributed by atoms with E-state index in [1.807, 2.05) is 0 Å². The van der Waals surface area contributed by atoms with E-state index in [2.05, 4.69) is 31.2 Å². The van der Waals surface area contributed by atoms with E-state index in [0.29, 0.717) is 0 Å². The zero-order chi connectivity index (χ0) is 8.81. The molecule has 1 nitrogen and oxygen atoms in total. The molecule has 12 heavy (non-hydrogen) atoms. The topological polar surface area (TPSA) is 26.0 Å². The molecular weight excluding hydrogens is 146 g/mol. The van der Waals surface area contributed by atoms with Gasteiger partial charge in [0.1, 0.15) is 0 Å². The van der Waals surface area contributed by atoms with Crippen molar-refractivity contribution >= 4 is 0 Å². The lowest BCUT2D eigenvalue weighted by atomic mass is 10.0. The molecule has 0 heterocycles. The first-order valence-electron chi connectivity index (χ1n) is 4.62. The summed E-state index contributed by atoms with van der Waals surface area (Å²) in [6.07, 6.45) is 11.9. The number of hydrogen-bond donors (Lipinski definition) is 1. The van der Waals surface area contributed by atoms with Gasteiger partial charge in [0.2, 0.25) is 0 Å². The lowest BCUT2D eigenvalue weighted by Crippen LogP contribution is -2.01. The summed E-state index contributed by atoms with van der Waals surface area (Å²) in [5.74, 6) is 0. The Labute approximate surface area is 74.7 Å². The first kappa shape index (κ1) is 9.27. The average Bonchev–Trinajstić information content (AvgIpc) is 2.30. The van der Waals surface area contributed by atoms with E-state index in [1.54, 1.807) is 0 Å². The standard InChI is InChI=1S/C11H17N/c1-2-10-6-4-3-5-7-11(10)8-9-12/h3-6H,2,7-9,12H2,1H3. The highest BCUT2D eigenvalue weighted by Gasteiger charge is 2.01. The van der Waals surface area contributed by atoms with E-state index in [0.717, 1.165) is 25.8 Å². The molecule has 1 rings (SSSR count). The molecule has 0 radical (unpaired) electrons. The van der Waals surface area contributed by atoms with E-state index in [-0.39, 0.29) is 0 Å². The van der Waals surface area contributed by atoms with Crippen LogP contribution in [0, 0.1) is 0 Å². The van der Waals surface area contributed by atoms with E-state index in [9.17, 15) is 0 Å². The van der Waals surface area contributed by atoms with Gasteiger partial charge in [-0.3, -0.25) is 0 Å². The second kappa shape index (κ2) is 4.94. The quantitative estimate of drug-likeness (QED) is 0.680. The van der Waals surface area contributed by atoms with Crippen LogP contribution < -0.4 is 5.73 Å². The van der Waals surface area contributed by atoms with Crippen molar-refractivity contribution in [1.82, 2.24) is 0 Å². The Morgan fingerprint density at radius 2 is 2.25 bits per heavy atom. The molecule has 1 heteroatoms. The Morgan fingerprint density at radius 3 is 2.92 bits per heavy atom. The third-order valence-corrected chi connectivity index (χ3v) is 2.19. The average molecular weight is 163 g/mol. The van der Waals surface area contributed by atoms with Crippen LogP contribution in [0.3, 0.4) is 0 Å². The Balaban J connectivity index is 2.78. The number of nitrogens with two attached hydrogens (primary N) is 1. The van der Waals surface area contributed by atoms with Crippen LogP contribution in [0.25, 0.3) is 0 Å². The van der Waals surface area contributed by atoms with Gasteiger partial charge < -0.3 is 5.73 Å². The summed E-state index contributed by atoms with van der Waals surface area (Å²) in [5, 5.41) is 0. The minimum atomic E-state index is 0.764. The van der Waals surface area contributed by atoms with Gasteiger partial charge >= 0.3 is 0 Å². The molecule has 0 aliphatic heterocycles. The molecule has 0 aromatic carbocycles. The summed E-state index contributed by atoms with van der Waals surface area (Å²) in [5.41, 5.74) is 8.51. The van der Waals surface area contributed by atoms with Crippen LogP contribution >= 0.6 is 0 Å². The van der Waals surface area contributed by atoms with Crippen LogP contribution in [0.4, 0.5) is 0 Å². The zero-order valence-electron chi connectivity index (χ0n) is 7.72. The van der Waals surface area contributed by atoms with Gasteiger partial charge in [0, 0.05) is 0 Å². The summed E-state index contributed by atoms with van der Waals surface area (Å²) in [4.78, 5) is 0. The van der Waals surface area contributed by atoms with Crippen molar-refractivity contribution in [2.75, 3.05) is 6.54 Å². The maximum Gasteiger partial charge on any atom is -0.00396 e. The van der Waals surface area contributed by atoms with Crippen molar-refractivity contribution in [3.05, 3.63) is 35.5 Å². The molecule has 0 aromatic heterocycles. The molecule has 1 aliphatic carbocycles. The summed E-state index contributed by atoms with van der Waals surface area (Å²) >= 11 is 0. The third-order valence-electron chi connectivity index (χ3n) is 2.19. The molecule has 0 saturated heterocycles. The molecule has 2 N–H and O–H groups in total. The first-order valence-corrected chi connectivity index (χ1v) is 4.62. The van der Waals surface area contributed by atoms with Gasteiger partial charge in [-0.1, -0.05) is 36.8 Å². The molecule has 0 unspecified atom stereocenters. The molecule has 0 atom stereocenters. The van der Waals surface area contributed by atoms with Crippen molar-refractivity contribution in [3.8, 4) is 0 Å². The van der Waals surface area contributed by atoms with Gasteiger partial charge in [-0.05, 0) is 31.4 Å². The van der Waals surface area contributed by atoms with Crippen LogP contribution in [-0.2, 0) is 0 Å². The Bertz CT molecular complexity index is 221. The molecule has 0 saturated carbocycles. The minimum Gasteiger partial charge on any atom is -0.330 e. The van der Waals surface area contributed by atoms with Gasteiger partial charge in [-0.2, -0.15) is 0 Å². The minimum absolute atomic E-state index is 0.764. The second-order valence-electron chi connectivity index (χ2n) is 3.01. The molecule has 0 fully saturated rings. The number of allylic oxidation sites excluding steroid dienone is 5. The predicted octanol–water partition coefficient (Wildman–Crippen LogP) is 2.56.